The quantitative estimate of drug-likeness (QED) is 0.662. The van der Waals surface area contributed by atoms with Crippen LogP contribution in [0.4, 0.5) is 10.1 Å². The Kier molecular flexibility index (Phi) is 5.71. The van der Waals surface area contributed by atoms with Gasteiger partial charge in [-0.25, -0.2) is 4.39 Å². The smallest absolute Gasteiger partial charge is 0.255 e. The van der Waals surface area contributed by atoms with Crippen LogP contribution in [0.15, 0.2) is 72.8 Å². The molecule has 4 rings (SSSR count). The van der Waals surface area contributed by atoms with E-state index in [1.807, 2.05) is 44.2 Å². The summed E-state index contributed by atoms with van der Waals surface area (Å²) in [5, 5.41) is 2.80. The molecule has 31 heavy (non-hydrogen) atoms. The zero-order valence-electron chi connectivity index (χ0n) is 17.3. The molecular formula is C25H23FN2O3. The van der Waals surface area contributed by atoms with Gasteiger partial charge in [-0.2, -0.15) is 0 Å². The fourth-order valence-electron chi connectivity index (χ4n) is 3.78. The van der Waals surface area contributed by atoms with E-state index in [1.165, 1.54) is 23.1 Å². The predicted molar refractivity (Wildman–Crippen MR) is 117 cm³/mol. The Hall–Kier alpha value is -3.67. The van der Waals surface area contributed by atoms with Gasteiger partial charge in [-0.1, -0.05) is 30.3 Å². The van der Waals surface area contributed by atoms with Gasteiger partial charge in [0.15, 0.2) is 0 Å². The number of hydrogen-bond donors (Lipinski definition) is 1. The molecule has 1 aliphatic heterocycles. The molecule has 6 heteroatoms. The SMILES string of the molecule is CC(C)Oc1ccc(C(=O)N2CC(=O)Nc3ccc(F)cc3[C@H]2c2ccccc2)cc1. The zero-order chi connectivity index (χ0) is 22.0. The van der Waals surface area contributed by atoms with Crippen molar-refractivity contribution in [3.63, 3.8) is 0 Å². The van der Waals surface area contributed by atoms with E-state index >= 15 is 0 Å². The summed E-state index contributed by atoms with van der Waals surface area (Å²) < 4.78 is 19.8. The van der Waals surface area contributed by atoms with Crippen molar-refractivity contribution in [1.82, 2.24) is 4.90 Å². The second kappa shape index (κ2) is 8.60. The molecule has 3 aromatic rings. The number of anilines is 1. The lowest BCUT2D eigenvalue weighted by Crippen LogP contribution is -2.39. The molecule has 1 N–H and O–H groups in total. The first-order chi connectivity index (χ1) is 14.9. The molecule has 0 saturated carbocycles. The average Bonchev–Trinajstić information content (AvgIpc) is 2.89. The van der Waals surface area contributed by atoms with Gasteiger partial charge in [0.05, 0.1) is 12.1 Å². The van der Waals surface area contributed by atoms with Crippen LogP contribution in [0.25, 0.3) is 0 Å². The van der Waals surface area contributed by atoms with E-state index in [-0.39, 0.29) is 24.5 Å². The van der Waals surface area contributed by atoms with Crippen LogP contribution < -0.4 is 10.1 Å². The minimum Gasteiger partial charge on any atom is -0.491 e. The van der Waals surface area contributed by atoms with Crippen LogP contribution in [-0.2, 0) is 4.79 Å². The molecule has 0 aliphatic carbocycles. The molecule has 158 valence electrons. The topological polar surface area (TPSA) is 58.6 Å². The van der Waals surface area contributed by atoms with Crippen molar-refractivity contribution in [2.45, 2.75) is 26.0 Å². The van der Waals surface area contributed by atoms with Crippen LogP contribution in [0.1, 0.15) is 41.4 Å². The van der Waals surface area contributed by atoms with Crippen molar-refractivity contribution in [3.8, 4) is 5.75 Å². The van der Waals surface area contributed by atoms with Crippen LogP contribution in [0, 0.1) is 5.82 Å². The predicted octanol–water partition coefficient (Wildman–Crippen LogP) is 4.80. The highest BCUT2D eigenvalue weighted by molar-refractivity contribution is 6.01. The molecule has 0 bridgehead atoms. The van der Waals surface area contributed by atoms with Crippen LogP contribution >= 0.6 is 0 Å². The lowest BCUT2D eigenvalue weighted by atomic mass is 9.95. The molecule has 0 saturated heterocycles. The van der Waals surface area contributed by atoms with E-state index in [4.69, 9.17) is 4.74 Å². The van der Waals surface area contributed by atoms with E-state index in [9.17, 15) is 14.0 Å². The molecule has 0 radical (unpaired) electrons. The standard InChI is InChI=1S/C25H23FN2O3/c1-16(2)31-20-11-8-18(9-12-20)25(30)28-15-23(29)27-22-13-10-19(26)14-21(22)24(28)17-6-4-3-5-7-17/h3-14,16,24H,15H2,1-2H3,(H,27,29)/t24-/m1/s1. The van der Waals surface area contributed by atoms with Gasteiger partial charge in [-0.05, 0) is 61.9 Å². The van der Waals surface area contributed by atoms with Gasteiger partial charge in [0.2, 0.25) is 5.91 Å². The molecule has 1 heterocycles. The Morgan fingerprint density at radius 2 is 1.77 bits per heavy atom. The van der Waals surface area contributed by atoms with E-state index in [0.29, 0.717) is 22.6 Å². The summed E-state index contributed by atoms with van der Waals surface area (Å²) in [6.07, 6.45) is 0.0183. The van der Waals surface area contributed by atoms with Gasteiger partial charge in [-0.15, -0.1) is 0 Å². The van der Waals surface area contributed by atoms with Crippen molar-refractivity contribution < 1.29 is 18.7 Å². The minimum atomic E-state index is -0.620. The van der Waals surface area contributed by atoms with Gasteiger partial charge in [0.1, 0.15) is 18.1 Å². The third-order valence-corrected chi connectivity index (χ3v) is 5.06. The maximum Gasteiger partial charge on any atom is 0.255 e. The number of benzene rings is 3. The number of amides is 2. The lowest BCUT2D eigenvalue weighted by Gasteiger charge is -2.30. The minimum absolute atomic E-state index is 0.0183. The van der Waals surface area contributed by atoms with Gasteiger partial charge >= 0.3 is 0 Å². The van der Waals surface area contributed by atoms with Crippen molar-refractivity contribution in [1.29, 1.82) is 0 Å². The maximum atomic E-state index is 14.2. The first kappa shape index (κ1) is 20.6. The van der Waals surface area contributed by atoms with Crippen molar-refractivity contribution in [3.05, 3.63) is 95.3 Å². The summed E-state index contributed by atoms with van der Waals surface area (Å²) >= 11 is 0. The summed E-state index contributed by atoms with van der Waals surface area (Å²) in [5.41, 5.74) is 2.24. The van der Waals surface area contributed by atoms with Crippen LogP contribution in [0.5, 0.6) is 5.75 Å². The first-order valence-electron chi connectivity index (χ1n) is 10.1. The Morgan fingerprint density at radius 1 is 1.06 bits per heavy atom. The number of fused-ring (bicyclic) bond motifs is 1. The molecule has 1 atom stereocenters. The molecule has 2 amide bonds. The second-order valence-electron chi connectivity index (χ2n) is 7.72. The normalized spacial score (nSPS) is 15.8. The third kappa shape index (κ3) is 4.43. The molecule has 1 aliphatic rings. The molecule has 0 fully saturated rings. The number of rotatable bonds is 4. The summed E-state index contributed by atoms with van der Waals surface area (Å²) in [6, 6.07) is 19.7. The monoisotopic (exact) mass is 418 g/mol. The zero-order valence-corrected chi connectivity index (χ0v) is 17.3. The highest BCUT2D eigenvalue weighted by Crippen LogP contribution is 2.37. The van der Waals surface area contributed by atoms with Crippen LogP contribution in [0.3, 0.4) is 0 Å². The number of nitrogens with one attached hydrogen (secondary N) is 1. The van der Waals surface area contributed by atoms with Crippen LogP contribution in [0.2, 0.25) is 0 Å². The fraction of sp³-hybridized carbons (Fsp3) is 0.200. The Morgan fingerprint density at radius 3 is 2.45 bits per heavy atom. The van der Waals surface area contributed by atoms with E-state index in [2.05, 4.69) is 5.32 Å². The molecular weight excluding hydrogens is 395 g/mol. The van der Waals surface area contributed by atoms with E-state index in [1.54, 1.807) is 24.3 Å². The Labute approximate surface area is 180 Å². The maximum absolute atomic E-state index is 14.2. The van der Waals surface area contributed by atoms with Gasteiger partial charge in [-0.3, -0.25) is 9.59 Å². The van der Waals surface area contributed by atoms with Gasteiger partial charge in [0.25, 0.3) is 5.91 Å². The van der Waals surface area contributed by atoms with E-state index in [0.717, 1.165) is 5.56 Å². The summed E-state index contributed by atoms with van der Waals surface area (Å²) in [4.78, 5) is 27.6. The summed E-state index contributed by atoms with van der Waals surface area (Å²) in [7, 11) is 0. The lowest BCUT2D eigenvalue weighted by molar-refractivity contribution is -0.117. The van der Waals surface area contributed by atoms with Crippen molar-refractivity contribution in [2.75, 3.05) is 11.9 Å². The number of carbonyl (C=O) groups excluding carboxylic acids is 2. The Bertz CT molecular complexity index is 1100. The molecule has 3 aromatic carbocycles. The first-order valence-corrected chi connectivity index (χ1v) is 10.1. The second-order valence-corrected chi connectivity index (χ2v) is 7.72. The summed E-state index contributed by atoms with van der Waals surface area (Å²) in [5.74, 6) is -0.429. The molecule has 0 aromatic heterocycles. The van der Waals surface area contributed by atoms with Gasteiger partial charge < -0.3 is 15.0 Å². The number of halogens is 1. The highest BCUT2D eigenvalue weighted by atomic mass is 19.1. The molecule has 0 unspecified atom stereocenters. The summed E-state index contributed by atoms with van der Waals surface area (Å²) in [6.45, 7) is 3.70. The van der Waals surface area contributed by atoms with Crippen LogP contribution in [-0.4, -0.2) is 29.4 Å². The number of ether oxygens (including phenoxy) is 1. The van der Waals surface area contributed by atoms with Gasteiger partial charge in [0, 0.05) is 16.8 Å². The van der Waals surface area contributed by atoms with E-state index < -0.39 is 11.9 Å². The molecule has 0 spiro atoms. The third-order valence-electron chi connectivity index (χ3n) is 5.06. The van der Waals surface area contributed by atoms with Crippen molar-refractivity contribution in [2.24, 2.45) is 0 Å². The largest absolute Gasteiger partial charge is 0.491 e. The highest BCUT2D eigenvalue weighted by Gasteiger charge is 2.34. The number of nitrogens with zero attached hydrogens (tertiary/aromatic N) is 1. The van der Waals surface area contributed by atoms with Crippen molar-refractivity contribution >= 4 is 17.5 Å². The molecule has 5 nitrogen and oxygen atoms in total. The number of carbonyl (C=O) groups is 2. The Balaban J connectivity index is 1.78. The number of hydrogen-bond acceptors (Lipinski definition) is 3. The fourth-order valence-corrected chi connectivity index (χ4v) is 3.78. The average molecular weight is 418 g/mol.